The first-order chi connectivity index (χ1) is 13.7. The molecule has 0 heterocycles. The highest BCUT2D eigenvalue weighted by atomic mass is 79.9. The van der Waals surface area contributed by atoms with Gasteiger partial charge in [0.05, 0.1) is 15.2 Å². The molecule has 0 aliphatic carbocycles. The van der Waals surface area contributed by atoms with E-state index in [0.717, 1.165) is 10.0 Å². The summed E-state index contributed by atoms with van der Waals surface area (Å²) in [7, 11) is -3.81. The predicted octanol–water partition coefficient (Wildman–Crippen LogP) is 6.85. The Morgan fingerprint density at radius 2 is 1.59 bits per heavy atom. The largest absolute Gasteiger partial charge is 0.294 e. The molecule has 0 aliphatic rings. The predicted molar refractivity (Wildman–Crippen MR) is 121 cm³/mol. The van der Waals surface area contributed by atoms with Crippen LogP contribution in [0, 0.1) is 6.92 Å². The van der Waals surface area contributed by atoms with E-state index in [-0.39, 0.29) is 27.7 Å². The Hall–Kier alpha value is -1.66. The van der Waals surface area contributed by atoms with Crippen LogP contribution < -0.4 is 0 Å². The Bertz CT molecular complexity index is 1140. The number of Topliss-reactive ketones (excluding diaryl/α,β-unsaturated/α-hetero) is 1. The van der Waals surface area contributed by atoms with Gasteiger partial charge in [-0.05, 0) is 55.0 Å². The summed E-state index contributed by atoms with van der Waals surface area (Å²) in [6, 6.07) is 18.1. The van der Waals surface area contributed by atoms with Gasteiger partial charge in [0.1, 0.15) is 0 Å². The number of halogens is 3. The van der Waals surface area contributed by atoms with Crippen molar-refractivity contribution in [3.05, 3.63) is 97.9 Å². The second kappa shape index (κ2) is 9.00. The molecule has 7 heteroatoms. The molecule has 0 bridgehead atoms. The van der Waals surface area contributed by atoms with Crippen molar-refractivity contribution in [2.45, 2.75) is 23.5 Å². The van der Waals surface area contributed by atoms with Gasteiger partial charge in [0.25, 0.3) is 0 Å². The van der Waals surface area contributed by atoms with Crippen molar-refractivity contribution in [2.75, 3.05) is 0 Å². The third kappa shape index (κ3) is 5.10. The SMILES string of the molecule is Cc1ccc(S(=O)(=O)[C@H](CC(=O)c2ccc(Cl)cc2Cl)c2ccc(Br)cc2)cc1. The van der Waals surface area contributed by atoms with Gasteiger partial charge >= 0.3 is 0 Å². The molecule has 0 spiro atoms. The molecule has 0 saturated heterocycles. The molecule has 1 atom stereocenters. The maximum absolute atomic E-state index is 13.4. The number of benzene rings is 3. The molecule has 3 aromatic rings. The van der Waals surface area contributed by atoms with Crippen molar-refractivity contribution in [2.24, 2.45) is 0 Å². The zero-order chi connectivity index (χ0) is 21.2. The first-order valence-electron chi connectivity index (χ1n) is 8.73. The fourth-order valence-electron chi connectivity index (χ4n) is 2.97. The second-order valence-corrected chi connectivity index (χ2v) is 10.5. The van der Waals surface area contributed by atoms with Gasteiger partial charge in [-0.3, -0.25) is 4.79 Å². The molecular weight excluding hydrogens is 495 g/mol. The van der Waals surface area contributed by atoms with Crippen molar-refractivity contribution < 1.29 is 13.2 Å². The Labute approximate surface area is 188 Å². The highest BCUT2D eigenvalue weighted by Crippen LogP contribution is 2.35. The lowest BCUT2D eigenvalue weighted by atomic mass is 10.0. The van der Waals surface area contributed by atoms with Gasteiger partial charge in [-0.15, -0.1) is 0 Å². The van der Waals surface area contributed by atoms with Crippen molar-refractivity contribution in [1.82, 2.24) is 0 Å². The quantitative estimate of drug-likeness (QED) is 0.340. The van der Waals surface area contributed by atoms with Crippen molar-refractivity contribution in [3.8, 4) is 0 Å². The minimum atomic E-state index is -3.81. The zero-order valence-corrected chi connectivity index (χ0v) is 19.3. The highest BCUT2D eigenvalue weighted by molar-refractivity contribution is 9.10. The molecule has 0 aliphatic heterocycles. The molecule has 0 amide bonds. The van der Waals surface area contributed by atoms with E-state index in [1.165, 1.54) is 12.1 Å². The average molecular weight is 512 g/mol. The van der Waals surface area contributed by atoms with Crippen LogP contribution in [0.5, 0.6) is 0 Å². The van der Waals surface area contributed by atoms with Crippen molar-refractivity contribution >= 4 is 54.8 Å². The molecule has 0 radical (unpaired) electrons. The van der Waals surface area contributed by atoms with Crippen LogP contribution in [0.25, 0.3) is 0 Å². The zero-order valence-electron chi connectivity index (χ0n) is 15.4. The summed E-state index contributed by atoms with van der Waals surface area (Å²) in [6.45, 7) is 1.88. The minimum absolute atomic E-state index is 0.172. The van der Waals surface area contributed by atoms with Gasteiger partial charge < -0.3 is 0 Å². The van der Waals surface area contributed by atoms with E-state index < -0.39 is 15.1 Å². The van der Waals surface area contributed by atoms with E-state index >= 15 is 0 Å². The minimum Gasteiger partial charge on any atom is -0.294 e. The fraction of sp³-hybridized carbons (Fsp3) is 0.136. The Morgan fingerprint density at radius 1 is 0.966 bits per heavy atom. The Balaban J connectivity index is 2.04. The number of carbonyl (C=O) groups excluding carboxylic acids is 1. The molecule has 3 rings (SSSR count). The third-order valence-electron chi connectivity index (χ3n) is 4.57. The summed E-state index contributed by atoms with van der Waals surface area (Å²) in [6.07, 6.45) is -0.237. The van der Waals surface area contributed by atoms with E-state index in [9.17, 15) is 13.2 Å². The summed E-state index contributed by atoms with van der Waals surface area (Å²) in [4.78, 5) is 13.1. The van der Waals surface area contributed by atoms with Gasteiger partial charge in [-0.25, -0.2) is 8.42 Å². The third-order valence-corrected chi connectivity index (χ3v) is 7.76. The van der Waals surface area contributed by atoms with Crippen LogP contribution in [0.3, 0.4) is 0 Å². The van der Waals surface area contributed by atoms with Gasteiger partial charge in [0.15, 0.2) is 15.6 Å². The first kappa shape index (κ1) is 22.0. The monoisotopic (exact) mass is 510 g/mol. The van der Waals surface area contributed by atoms with Crippen LogP contribution in [0.4, 0.5) is 0 Å². The van der Waals surface area contributed by atoms with Crippen molar-refractivity contribution in [3.63, 3.8) is 0 Å². The molecular formula is C22H17BrCl2O3S. The lowest BCUT2D eigenvalue weighted by Gasteiger charge is -2.18. The lowest BCUT2D eigenvalue weighted by Crippen LogP contribution is -2.18. The maximum Gasteiger partial charge on any atom is 0.185 e. The summed E-state index contributed by atoms with van der Waals surface area (Å²) < 4.78 is 27.7. The fourth-order valence-corrected chi connectivity index (χ4v) is 5.48. The van der Waals surface area contributed by atoms with E-state index in [4.69, 9.17) is 23.2 Å². The van der Waals surface area contributed by atoms with Crippen LogP contribution in [-0.4, -0.2) is 14.2 Å². The summed E-state index contributed by atoms with van der Waals surface area (Å²) in [5, 5.41) is -0.439. The molecule has 29 heavy (non-hydrogen) atoms. The molecule has 0 unspecified atom stereocenters. The molecule has 3 aromatic carbocycles. The molecule has 0 fully saturated rings. The molecule has 0 saturated carbocycles. The van der Waals surface area contributed by atoms with Crippen LogP contribution in [-0.2, 0) is 9.84 Å². The van der Waals surface area contributed by atoms with E-state index in [0.29, 0.717) is 10.6 Å². The average Bonchev–Trinajstić information content (AvgIpc) is 2.67. The number of carbonyl (C=O) groups is 1. The molecule has 150 valence electrons. The van der Waals surface area contributed by atoms with Crippen LogP contribution in [0.1, 0.15) is 33.2 Å². The Kier molecular flexibility index (Phi) is 6.84. The number of aryl methyl sites for hydroxylation is 1. The number of rotatable bonds is 6. The van der Waals surface area contributed by atoms with Gasteiger partial charge in [-0.2, -0.15) is 0 Å². The smallest absolute Gasteiger partial charge is 0.185 e. The van der Waals surface area contributed by atoms with E-state index in [1.807, 2.05) is 6.92 Å². The number of sulfone groups is 1. The number of hydrogen-bond donors (Lipinski definition) is 0. The van der Waals surface area contributed by atoms with Gasteiger partial charge in [0.2, 0.25) is 0 Å². The molecule has 3 nitrogen and oxygen atoms in total. The van der Waals surface area contributed by atoms with Gasteiger partial charge in [0, 0.05) is 21.5 Å². The number of ketones is 1. The van der Waals surface area contributed by atoms with Crippen LogP contribution >= 0.6 is 39.1 Å². The first-order valence-corrected chi connectivity index (χ1v) is 11.8. The maximum atomic E-state index is 13.4. The van der Waals surface area contributed by atoms with E-state index in [1.54, 1.807) is 54.6 Å². The summed E-state index contributed by atoms with van der Waals surface area (Å²) in [5.41, 5.74) is 1.73. The molecule has 0 N–H and O–H groups in total. The number of hydrogen-bond acceptors (Lipinski definition) is 3. The normalized spacial score (nSPS) is 12.6. The topological polar surface area (TPSA) is 51.2 Å². The summed E-state index contributed by atoms with van der Waals surface area (Å²) >= 11 is 15.4. The van der Waals surface area contributed by atoms with Crippen LogP contribution in [0.15, 0.2) is 76.1 Å². The van der Waals surface area contributed by atoms with E-state index in [2.05, 4.69) is 15.9 Å². The van der Waals surface area contributed by atoms with Gasteiger partial charge in [-0.1, -0.05) is 69.0 Å². The van der Waals surface area contributed by atoms with Crippen LogP contribution in [0.2, 0.25) is 10.0 Å². The Morgan fingerprint density at radius 3 is 2.17 bits per heavy atom. The van der Waals surface area contributed by atoms with Crippen molar-refractivity contribution in [1.29, 1.82) is 0 Å². The summed E-state index contributed by atoms with van der Waals surface area (Å²) in [5.74, 6) is -0.365. The highest BCUT2D eigenvalue weighted by Gasteiger charge is 2.32. The lowest BCUT2D eigenvalue weighted by molar-refractivity contribution is 0.0981. The second-order valence-electron chi connectivity index (χ2n) is 6.65. The molecule has 0 aromatic heterocycles. The standard InChI is InChI=1S/C22H17BrCl2O3S/c1-14-2-9-18(10-3-14)29(27,28)22(15-4-6-16(23)7-5-15)13-21(26)19-11-8-17(24)12-20(19)25/h2-12,22H,13H2,1H3/t22-/m1/s1.